The zero-order valence-corrected chi connectivity index (χ0v) is 14.2. The van der Waals surface area contributed by atoms with Crippen molar-refractivity contribution in [1.29, 1.82) is 0 Å². The van der Waals surface area contributed by atoms with Gasteiger partial charge in [0.1, 0.15) is 5.65 Å². The zero-order chi connectivity index (χ0) is 16.5. The average molecular weight is 323 g/mol. The summed E-state index contributed by atoms with van der Waals surface area (Å²) in [5.74, 6) is 1.90. The maximum absolute atomic E-state index is 10.8. The van der Waals surface area contributed by atoms with E-state index in [1.165, 1.54) is 18.5 Å². The highest BCUT2D eigenvalue weighted by atomic mass is 16.3. The van der Waals surface area contributed by atoms with Crippen LogP contribution >= 0.6 is 0 Å². The van der Waals surface area contributed by atoms with Gasteiger partial charge in [-0.05, 0) is 68.4 Å². The van der Waals surface area contributed by atoms with Gasteiger partial charge in [-0.2, -0.15) is 0 Å². The molecule has 6 rings (SSSR count). The first kappa shape index (κ1) is 14.5. The lowest BCUT2D eigenvalue weighted by molar-refractivity contribution is -0.129. The number of anilines is 1. The lowest BCUT2D eigenvalue weighted by Gasteiger charge is -2.58. The fraction of sp³-hybridized carbons (Fsp3) is 0.550. The third-order valence-electron chi connectivity index (χ3n) is 6.60. The van der Waals surface area contributed by atoms with E-state index >= 15 is 0 Å². The van der Waals surface area contributed by atoms with Gasteiger partial charge < -0.3 is 15.4 Å². The molecule has 0 spiro atoms. The van der Waals surface area contributed by atoms with Gasteiger partial charge in [0.2, 0.25) is 0 Å². The van der Waals surface area contributed by atoms with Crippen molar-refractivity contribution in [3.8, 4) is 0 Å². The molecule has 0 aliphatic heterocycles. The molecule has 4 nitrogen and oxygen atoms in total. The Hall–Kier alpha value is -1.81. The summed E-state index contributed by atoms with van der Waals surface area (Å²) in [7, 11) is 0. The number of pyridine rings is 1. The van der Waals surface area contributed by atoms with Gasteiger partial charge in [-0.15, -0.1) is 0 Å². The van der Waals surface area contributed by atoms with Crippen LogP contribution in [0.1, 0.15) is 44.6 Å². The summed E-state index contributed by atoms with van der Waals surface area (Å²) in [6, 6.07) is 2.56. The van der Waals surface area contributed by atoms with E-state index in [1.54, 1.807) is 0 Å². The lowest BCUT2D eigenvalue weighted by Crippen LogP contribution is -2.59. The normalized spacial score (nSPS) is 37.1. The minimum atomic E-state index is -0.381. The molecule has 4 saturated carbocycles. The van der Waals surface area contributed by atoms with Crippen LogP contribution in [-0.4, -0.2) is 26.7 Å². The molecule has 2 atom stereocenters. The second kappa shape index (κ2) is 4.85. The van der Waals surface area contributed by atoms with E-state index in [0.717, 1.165) is 47.4 Å². The summed E-state index contributed by atoms with van der Waals surface area (Å²) in [6.45, 7) is 6.18. The molecule has 0 saturated heterocycles. The van der Waals surface area contributed by atoms with Crippen LogP contribution in [0.3, 0.4) is 0 Å². The van der Waals surface area contributed by atoms with Gasteiger partial charge in [0.05, 0.1) is 11.3 Å². The van der Waals surface area contributed by atoms with Gasteiger partial charge in [-0.1, -0.05) is 6.58 Å². The summed E-state index contributed by atoms with van der Waals surface area (Å²) in [5.41, 5.74) is 3.85. The smallest absolute Gasteiger partial charge is 0.139 e. The standard InChI is InChI=1S/C20H25N3O/c1-11(2)16-10-22-19-15(3-4-21-19)18(16)23-17-13-5-12-6-14(17)9-20(24,7-12)8-13/h3-4,10,12-14,17,24H,1,5-9H2,2H3,(H2,21,22,23)/t12?,13?,14?,17-,20+. The molecule has 126 valence electrons. The van der Waals surface area contributed by atoms with Gasteiger partial charge in [-0.25, -0.2) is 4.98 Å². The average Bonchev–Trinajstić information content (AvgIpc) is 2.97. The SMILES string of the molecule is C=C(C)c1cnc2[nH]ccc2c1N[C@H]1C2CC3CC1C[C@@](O)(C3)C2. The molecule has 24 heavy (non-hydrogen) atoms. The lowest BCUT2D eigenvalue weighted by atomic mass is 9.52. The molecule has 4 fully saturated rings. The Kier molecular flexibility index (Phi) is 2.94. The quantitative estimate of drug-likeness (QED) is 0.801. The van der Waals surface area contributed by atoms with Crippen molar-refractivity contribution in [3.05, 3.63) is 30.6 Å². The van der Waals surface area contributed by atoms with Crippen LogP contribution < -0.4 is 5.32 Å². The number of nitrogens with one attached hydrogen (secondary N) is 2. The van der Waals surface area contributed by atoms with Crippen LogP contribution in [0.15, 0.2) is 25.0 Å². The number of aliphatic hydroxyl groups is 1. The second-order valence-electron chi connectivity index (χ2n) is 8.43. The number of fused-ring (bicyclic) bond motifs is 1. The fourth-order valence-electron chi connectivity index (χ4n) is 5.87. The highest BCUT2D eigenvalue weighted by molar-refractivity contribution is 5.95. The zero-order valence-electron chi connectivity index (χ0n) is 14.2. The molecule has 2 aromatic rings. The molecule has 0 amide bonds. The van der Waals surface area contributed by atoms with Gasteiger partial charge in [-0.3, -0.25) is 0 Å². The van der Waals surface area contributed by atoms with Crippen molar-refractivity contribution >= 4 is 22.3 Å². The number of nitrogens with zero attached hydrogens (tertiary/aromatic N) is 1. The maximum atomic E-state index is 10.8. The van der Waals surface area contributed by atoms with Crippen molar-refractivity contribution in [1.82, 2.24) is 9.97 Å². The number of H-pyrrole nitrogens is 1. The molecule has 4 aliphatic rings. The first-order valence-electron chi connectivity index (χ1n) is 9.13. The maximum Gasteiger partial charge on any atom is 0.139 e. The van der Waals surface area contributed by atoms with Crippen LogP contribution in [0.25, 0.3) is 16.6 Å². The van der Waals surface area contributed by atoms with Crippen molar-refractivity contribution in [3.63, 3.8) is 0 Å². The molecule has 0 radical (unpaired) electrons. The number of hydrogen-bond donors (Lipinski definition) is 3. The first-order valence-corrected chi connectivity index (χ1v) is 9.13. The molecule has 0 aromatic carbocycles. The first-order chi connectivity index (χ1) is 11.5. The number of hydrogen-bond acceptors (Lipinski definition) is 3. The Bertz CT molecular complexity index is 807. The molecule has 4 heteroatoms. The minimum absolute atomic E-state index is 0.381. The fourth-order valence-corrected chi connectivity index (χ4v) is 5.87. The number of allylic oxidation sites excluding steroid dienone is 1. The van der Waals surface area contributed by atoms with Gasteiger partial charge in [0.25, 0.3) is 0 Å². The van der Waals surface area contributed by atoms with Gasteiger partial charge in [0.15, 0.2) is 0 Å². The topological polar surface area (TPSA) is 60.9 Å². The molecular weight excluding hydrogens is 298 g/mol. The summed E-state index contributed by atoms with van der Waals surface area (Å²) < 4.78 is 0. The molecule has 2 heterocycles. The highest BCUT2D eigenvalue weighted by Gasteiger charge is 2.54. The van der Waals surface area contributed by atoms with Crippen molar-refractivity contribution in [2.24, 2.45) is 17.8 Å². The monoisotopic (exact) mass is 323 g/mol. The Morgan fingerprint density at radius 1 is 1.33 bits per heavy atom. The molecule has 4 aliphatic carbocycles. The highest BCUT2D eigenvalue weighted by Crippen LogP contribution is 2.56. The summed E-state index contributed by atoms with van der Waals surface area (Å²) >= 11 is 0. The van der Waals surface area contributed by atoms with E-state index in [4.69, 9.17) is 0 Å². The third-order valence-corrected chi connectivity index (χ3v) is 6.60. The van der Waals surface area contributed by atoms with Crippen molar-refractivity contribution in [2.45, 2.75) is 50.7 Å². The Labute approximate surface area is 142 Å². The number of aromatic amines is 1. The van der Waals surface area contributed by atoms with E-state index in [-0.39, 0.29) is 5.60 Å². The van der Waals surface area contributed by atoms with E-state index in [2.05, 4.69) is 27.9 Å². The number of aromatic nitrogens is 2. The molecule has 3 N–H and O–H groups in total. The van der Waals surface area contributed by atoms with Crippen LogP contribution in [-0.2, 0) is 0 Å². The van der Waals surface area contributed by atoms with Crippen LogP contribution in [0.5, 0.6) is 0 Å². The van der Waals surface area contributed by atoms with Crippen LogP contribution in [0.4, 0.5) is 5.69 Å². The molecule has 2 unspecified atom stereocenters. The van der Waals surface area contributed by atoms with Crippen LogP contribution in [0.2, 0.25) is 0 Å². The van der Waals surface area contributed by atoms with E-state index in [0.29, 0.717) is 17.9 Å². The predicted molar refractivity (Wildman–Crippen MR) is 96.7 cm³/mol. The molecule has 2 aromatic heterocycles. The van der Waals surface area contributed by atoms with E-state index < -0.39 is 0 Å². The minimum Gasteiger partial charge on any atom is -0.390 e. The summed E-state index contributed by atoms with van der Waals surface area (Å²) in [4.78, 5) is 7.74. The van der Waals surface area contributed by atoms with E-state index in [9.17, 15) is 5.11 Å². The summed E-state index contributed by atoms with van der Waals surface area (Å²) in [6.07, 6.45) is 9.35. The van der Waals surface area contributed by atoms with Gasteiger partial charge in [0, 0.05) is 29.4 Å². The second-order valence-corrected chi connectivity index (χ2v) is 8.43. The predicted octanol–water partition coefficient (Wildman–Crippen LogP) is 3.95. The van der Waals surface area contributed by atoms with Gasteiger partial charge >= 0.3 is 0 Å². The summed E-state index contributed by atoms with van der Waals surface area (Å²) in [5, 5.41) is 15.8. The third kappa shape index (κ3) is 2.05. The Morgan fingerprint density at radius 3 is 2.75 bits per heavy atom. The van der Waals surface area contributed by atoms with Crippen LogP contribution in [0, 0.1) is 17.8 Å². The van der Waals surface area contributed by atoms with Crippen molar-refractivity contribution < 1.29 is 5.11 Å². The van der Waals surface area contributed by atoms with E-state index in [1.807, 2.05) is 19.3 Å². The Balaban J connectivity index is 1.54. The molecular formula is C20H25N3O. The largest absolute Gasteiger partial charge is 0.390 e. The Morgan fingerprint density at radius 2 is 2.08 bits per heavy atom. The molecule has 4 bridgehead atoms. The van der Waals surface area contributed by atoms with Crippen molar-refractivity contribution in [2.75, 3.05) is 5.32 Å². The number of rotatable bonds is 3.